The Morgan fingerprint density at radius 2 is 1.68 bits per heavy atom. The fourth-order valence-electron chi connectivity index (χ4n) is 1.90. The van der Waals surface area contributed by atoms with Crippen molar-refractivity contribution in [2.75, 3.05) is 0 Å². The number of benzene rings is 2. The first-order valence-corrected chi connectivity index (χ1v) is 6.08. The van der Waals surface area contributed by atoms with Gasteiger partial charge in [0.25, 0.3) is 0 Å². The van der Waals surface area contributed by atoms with E-state index in [2.05, 4.69) is 16.0 Å². The molecule has 0 bridgehead atoms. The number of aromatic nitrogens is 2. The van der Waals surface area contributed by atoms with Gasteiger partial charge in [-0.05, 0) is 24.3 Å². The zero-order valence-corrected chi connectivity index (χ0v) is 10.6. The summed E-state index contributed by atoms with van der Waals surface area (Å²) in [6.45, 7) is 0. The van der Waals surface area contributed by atoms with Crippen molar-refractivity contribution < 1.29 is 0 Å². The Labute approximate surface area is 115 Å². The van der Waals surface area contributed by atoms with E-state index in [0.29, 0.717) is 16.4 Å². The second-order valence-electron chi connectivity index (χ2n) is 4.04. The first-order chi connectivity index (χ1) is 9.28. The van der Waals surface area contributed by atoms with Crippen molar-refractivity contribution in [1.29, 1.82) is 5.26 Å². The summed E-state index contributed by atoms with van der Waals surface area (Å²) < 4.78 is 0. The second-order valence-corrected chi connectivity index (χ2v) is 4.40. The summed E-state index contributed by atoms with van der Waals surface area (Å²) in [6, 6.07) is 16.8. The summed E-state index contributed by atoms with van der Waals surface area (Å²) >= 11 is 6.18. The summed E-state index contributed by atoms with van der Waals surface area (Å²) in [7, 11) is 0. The Morgan fingerprint density at radius 1 is 0.947 bits per heavy atom. The van der Waals surface area contributed by atoms with Crippen LogP contribution in [-0.4, -0.2) is 9.97 Å². The number of rotatable bonds is 1. The van der Waals surface area contributed by atoms with Gasteiger partial charge in [0.2, 0.25) is 0 Å². The molecule has 0 fully saturated rings. The van der Waals surface area contributed by atoms with Gasteiger partial charge < -0.3 is 0 Å². The fourth-order valence-corrected chi connectivity index (χ4v) is 2.14. The largest absolute Gasteiger partial charge is 0.243 e. The Kier molecular flexibility index (Phi) is 2.86. The third kappa shape index (κ3) is 2.14. The molecule has 0 saturated heterocycles. The molecule has 4 heteroatoms. The number of fused-ring (bicyclic) bond motifs is 1. The second kappa shape index (κ2) is 4.68. The van der Waals surface area contributed by atoms with Crippen LogP contribution in [0.1, 0.15) is 5.56 Å². The van der Waals surface area contributed by atoms with Gasteiger partial charge in [-0.3, -0.25) is 0 Å². The quantitative estimate of drug-likeness (QED) is 0.672. The zero-order valence-electron chi connectivity index (χ0n) is 9.84. The normalized spacial score (nSPS) is 10.3. The van der Waals surface area contributed by atoms with Gasteiger partial charge >= 0.3 is 0 Å². The fraction of sp³-hybridized carbons (Fsp3) is 0. The van der Waals surface area contributed by atoms with Crippen molar-refractivity contribution in [3.05, 3.63) is 59.2 Å². The van der Waals surface area contributed by atoms with E-state index in [-0.39, 0.29) is 0 Å². The number of hydrogen-bond acceptors (Lipinski definition) is 3. The van der Waals surface area contributed by atoms with Crippen molar-refractivity contribution in [1.82, 2.24) is 9.97 Å². The molecule has 0 aliphatic carbocycles. The van der Waals surface area contributed by atoms with Crippen LogP contribution in [0.15, 0.2) is 48.5 Å². The molecular weight excluding hydrogens is 258 g/mol. The molecule has 0 amide bonds. The smallest absolute Gasteiger partial charge is 0.156 e. The molecule has 0 aliphatic heterocycles. The molecule has 0 spiro atoms. The highest BCUT2D eigenvalue weighted by molar-refractivity contribution is 6.32. The molecule has 0 saturated carbocycles. The summed E-state index contributed by atoms with van der Waals surface area (Å²) in [5.74, 6) is 0. The highest BCUT2D eigenvalue weighted by Gasteiger charge is 2.09. The third-order valence-electron chi connectivity index (χ3n) is 2.79. The van der Waals surface area contributed by atoms with Crippen LogP contribution in [0.3, 0.4) is 0 Å². The van der Waals surface area contributed by atoms with Gasteiger partial charge in [0.05, 0.1) is 22.7 Å². The third-order valence-corrected chi connectivity index (χ3v) is 3.06. The van der Waals surface area contributed by atoms with Gasteiger partial charge in [0, 0.05) is 5.56 Å². The highest BCUT2D eigenvalue weighted by Crippen LogP contribution is 2.27. The van der Waals surface area contributed by atoms with E-state index in [1.54, 1.807) is 18.2 Å². The number of para-hydroxylation sites is 2. The van der Waals surface area contributed by atoms with Gasteiger partial charge in [-0.1, -0.05) is 35.9 Å². The lowest BCUT2D eigenvalue weighted by molar-refractivity contribution is 1.29. The Balaban J connectivity index is 2.24. The Morgan fingerprint density at radius 3 is 2.42 bits per heavy atom. The Bertz CT molecular complexity index is 806. The number of hydrogen-bond donors (Lipinski definition) is 0. The maximum Gasteiger partial charge on any atom is 0.156 e. The molecule has 0 aliphatic rings. The molecule has 3 aromatic rings. The van der Waals surface area contributed by atoms with Gasteiger partial charge in [-0.2, -0.15) is 5.26 Å². The SMILES string of the molecule is N#Cc1cccc(-c2nc3ccccc3nc2Cl)c1. The number of halogens is 1. The van der Waals surface area contributed by atoms with Gasteiger partial charge in [-0.15, -0.1) is 0 Å². The van der Waals surface area contributed by atoms with Gasteiger partial charge in [-0.25, -0.2) is 9.97 Å². The monoisotopic (exact) mass is 265 g/mol. The molecule has 0 N–H and O–H groups in total. The maximum atomic E-state index is 8.93. The molecule has 2 aromatic carbocycles. The lowest BCUT2D eigenvalue weighted by Crippen LogP contribution is -1.91. The van der Waals surface area contributed by atoms with Crippen molar-refractivity contribution in [2.24, 2.45) is 0 Å². The van der Waals surface area contributed by atoms with Crippen molar-refractivity contribution >= 4 is 22.6 Å². The molecule has 1 aromatic heterocycles. The van der Waals surface area contributed by atoms with E-state index in [1.165, 1.54) is 0 Å². The zero-order chi connectivity index (χ0) is 13.2. The lowest BCUT2D eigenvalue weighted by atomic mass is 10.1. The van der Waals surface area contributed by atoms with Crippen molar-refractivity contribution in [3.63, 3.8) is 0 Å². The topological polar surface area (TPSA) is 49.6 Å². The van der Waals surface area contributed by atoms with E-state index >= 15 is 0 Å². The molecular formula is C15H8ClN3. The van der Waals surface area contributed by atoms with Gasteiger partial charge in [0.1, 0.15) is 5.69 Å². The molecule has 1 heterocycles. The summed E-state index contributed by atoms with van der Waals surface area (Å²) in [6.07, 6.45) is 0. The molecule has 90 valence electrons. The standard InChI is InChI=1S/C15H8ClN3/c16-15-14(11-5-3-4-10(8-11)9-17)18-12-6-1-2-7-13(12)19-15/h1-8H. The minimum atomic E-state index is 0.341. The average molecular weight is 266 g/mol. The van der Waals surface area contributed by atoms with Crippen molar-refractivity contribution in [2.45, 2.75) is 0 Å². The van der Waals surface area contributed by atoms with Crippen LogP contribution in [0, 0.1) is 11.3 Å². The average Bonchev–Trinajstić information content (AvgIpc) is 2.46. The molecule has 3 nitrogen and oxygen atoms in total. The molecule has 0 atom stereocenters. The molecule has 0 unspecified atom stereocenters. The van der Waals surface area contributed by atoms with E-state index in [0.717, 1.165) is 16.6 Å². The first kappa shape index (κ1) is 11.6. The van der Waals surface area contributed by atoms with Crippen LogP contribution in [0.2, 0.25) is 5.15 Å². The number of nitrogens with zero attached hydrogens (tertiary/aromatic N) is 3. The van der Waals surface area contributed by atoms with Crippen LogP contribution in [0.25, 0.3) is 22.3 Å². The predicted molar refractivity (Wildman–Crippen MR) is 74.7 cm³/mol. The lowest BCUT2D eigenvalue weighted by Gasteiger charge is -2.05. The summed E-state index contributed by atoms with van der Waals surface area (Å²) in [5, 5.41) is 9.27. The van der Waals surface area contributed by atoms with Crippen LogP contribution in [0.5, 0.6) is 0 Å². The van der Waals surface area contributed by atoms with E-state index < -0.39 is 0 Å². The number of nitriles is 1. The minimum Gasteiger partial charge on any atom is -0.243 e. The molecule has 19 heavy (non-hydrogen) atoms. The highest BCUT2D eigenvalue weighted by atomic mass is 35.5. The van der Waals surface area contributed by atoms with Crippen LogP contribution in [0.4, 0.5) is 0 Å². The first-order valence-electron chi connectivity index (χ1n) is 5.71. The summed E-state index contributed by atoms with van der Waals surface area (Å²) in [4.78, 5) is 8.84. The van der Waals surface area contributed by atoms with Crippen LogP contribution < -0.4 is 0 Å². The van der Waals surface area contributed by atoms with Gasteiger partial charge in [0.15, 0.2) is 5.15 Å². The minimum absolute atomic E-state index is 0.341. The molecule has 3 rings (SSSR count). The van der Waals surface area contributed by atoms with Crippen LogP contribution in [-0.2, 0) is 0 Å². The predicted octanol–water partition coefficient (Wildman–Crippen LogP) is 3.82. The maximum absolute atomic E-state index is 8.93. The van der Waals surface area contributed by atoms with E-state index in [4.69, 9.17) is 16.9 Å². The van der Waals surface area contributed by atoms with Crippen LogP contribution >= 0.6 is 11.6 Å². The van der Waals surface area contributed by atoms with E-state index in [1.807, 2.05) is 30.3 Å². The summed E-state index contributed by atoms with van der Waals surface area (Å²) in [5.41, 5.74) is 3.50. The Hall–Kier alpha value is -2.44. The van der Waals surface area contributed by atoms with Crippen molar-refractivity contribution in [3.8, 4) is 17.3 Å². The van der Waals surface area contributed by atoms with E-state index in [9.17, 15) is 0 Å². The molecule has 0 radical (unpaired) electrons.